The number of amides is 1. The van der Waals surface area contributed by atoms with Gasteiger partial charge in [-0.05, 0) is 25.7 Å². The van der Waals surface area contributed by atoms with Gasteiger partial charge in [-0.3, -0.25) is 4.79 Å². The highest BCUT2D eigenvalue weighted by Gasteiger charge is 2.35. The first-order valence-electron chi connectivity index (χ1n) is 6.89. The van der Waals surface area contributed by atoms with E-state index in [0.29, 0.717) is 17.8 Å². The third-order valence-corrected chi connectivity index (χ3v) is 4.64. The van der Waals surface area contributed by atoms with Crippen molar-refractivity contribution in [2.75, 3.05) is 0 Å². The molecular weight excluding hydrogens is 339 g/mol. The van der Waals surface area contributed by atoms with Crippen molar-refractivity contribution in [2.45, 2.75) is 50.9 Å². The molecule has 1 saturated carbocycles. The predicted octanol–water partition coefficient (Wildman–Crippen LogP) is 3.28. The molecule has 0 aliphatic heterocycles. The molecule has 1 aliphatic carbocycles. The lowest BCUT2D eigenvalue weighted by Crippen LogP contribution is -2.33. The zero-order valence-corrected chi connectivity index (χ0v) is 13.7. The molecule has 0 bridgehead atoms. The average Bonchev–Trinajstić information content (AvgIpc) is 3.03. The normalized spacial score (nSPS) is 23.0. The zero-order valence-electron chi connectivity index (χ0n) is 12.0. The highest BCUT2D eigenvalue weighted by molar-refractivity contribution is 7.09. The van der Waals surface area contributed by atoms with Crippen molar-refractivity contribution in [3.8, 4) is 0 Å². The molecule has 1 fully saturated rings. The van der Waals surface area contributed by atoms with E-state index in [2.05, 4.69) is 10.3 Å². The minimum atomic E-state index is -4.45. The molecule has 0 saturated heterocycles. The molecule has 1 heterocycles. The fourth-order valence-corrected chi connectivity index (χ4v) is 3.42. The van der Waals surface area contributed by atoms with Gasteiger partial charge < -0.3 is 11.1 Å². The number of hydrogen-bond donors (Lipinski definition) is 2. The first kappa shape index (κ1) is 19.2. The predicted molar refractivity (Wildman–Crippen MR) is 80.9 cm³/mol. The van der Waals surface area contributed by atoms with E-state index in [1.807, 2.05) is 0 Å². The molecule has 4 nitrogen and oxygen atoms in total. The highest BCUT2D eigenvalue weighted by Crippen LogP contribution is 2.33. The van der Waals surface area contributed by atoms with Crippen LogP contribution in [0.15, 0.2) is 5.38 Å². The van der Waals surface area contributed by atoms with Crippen molar-refractivity contribution >= 4 is 29.7 Å². The maximum atomic E-state index is 12.6. The van der Waals surface area contributed by atoms with Crippen LogP contribution in [0.1, 0.15) is 49.4 Å². The number of hydrogen-bond acceptors (Lipinski definition) is 4. The van der Waals surface area contributed by atoms with E-state index in [-0.39, 0.29) is 30.3 Å². The molecule has 3 N–H and O–H groups in total. The number of nitrogens with zero attached hydrogens (tertiary/aromatic N) is 1. The van der Waals surface area contributed by atoms with E-state index in [0.717, 1.165) is 29.6 Å². The summed E-state index contributed by atoms with van der Waals surface area (Å²) in [6.45, 7) is 1.81. The second-order valence-corrected chi connectivity index (χ2v) is 6.20. The lowest BCUT2D eigenvalue weighted by Gasteiger charge is -2.17. The third-order valence-electron chi connectivity index (χ3n) is 3.68. The summed E-state index contributed by atoms with van der Waals surface area (Å²) in [7, 11) is 0. The van der Waals surface area contributed by atoms with E-state index in [1.54, 1.807) is 6.92 Å². The summed E-state index contributed by atoms with van der Waals surface area (Å²) >= 11 is 0.924. The van der Waals surface area contributed by atoms with E-state index < -0.39 is 17.9 Å². The topological polar surface area (TPSA) is 68.0 Å². The fraction of sp³-hybridized carbons (Fsp3) is 0.692. The van der Waals surface area contributed by atoms with Crippen molar-refractivity contribution in [3.05, 3.63) is 16.1 Å². The zero-order chi connectivity index (χ0) is 15.6. The van der Waals surface area contributed by atoms with Crippen LogP contribution >= 0.6 is 23.7 Å². The monoisotopic (exact) mass is 357 g/mol. The summed E-state index contributed by atoms with van der Waals surface area (Å²) in [6, 6.07) is -0.437. The van der Waals surface area contributed by atoms with Crippen LogP contribution in [0.5, 0.6) is 0 Å². The molecule has 0 radical (unpaired) electrons. The molecule has 9 heteroatoms. The number of carbonyl (C=O) groups excluding carboxylic acids is 1. The lowest BCUT2D eigenvalue weighted by molar-refractivity contribution is -0.140. The van der Waals surface area contributed by atoms with Gasteiger partial charge in [-0.25, -0.2) is 4.98 Å². The number of nitrogens with one attached hydrogen (secondary N) is 1. The van der Waals surface area contributed by atoms with E-state index in [4.69, 9.17) is 5.73 Å². The van der Waals surface area contributed by atoms with Crippen molar-refractivity contribution in [3.63, 3.8) is 0 Å². The molecule has 1 aromatic heterocycles. The Morgan fingerprint density at radius 1 is 1.55 bits per heavy atom. The van der Waals surface area contributed by atoms with Crippen LogP contribution in [0.2, 0.25) is 0 Å². The van der Waals surface area contributed by atoms with Crippen molar-refractivity contribution in [1.82, 2.24) is 10.3 Å². The summed E-state index contributed by atoms with van der Waals surface area (Å²) < 4.78 is 37.7. The smallest absolute Gasteiger partial charge is 0.347 e. The number of alkyl halides is 3. The fourth-order valence-electron chi connectivity index (χ4n) is 2.46. The molecule has 3 unspecified atom stereocenters. The number of nitrogens with two attached hydrogens (primary N) is 1. The van der Waals surface area contributed by atoms with Gasteiger partial charge in [0.15, 0.2) is 5.69 Å². The van der Waals surface area contributed by atoms with Gasteiger partial charge in [0, 0.05) is 17.3 Å². The van der Waals surface area contributed by atoms with Crippen LogP contribution in [0.4, 0.5) is 13.2 Å². The van der Waals surface area contributed by atoms with Gasteiger partial charge in [0.05, 0.1) is 6.04 Å². The van der Waals surface area contributed by atoms with Crippen LogP contribution in [0, 0.1) is 5.92 Å². The Bertz CT molecular complexity index is 509. The van der Waals surface area contributed by atoms with Crippen LogP contribution in [0.25, 0.3) is 0 Å². The quantitative estimate of drug-likeness (QED) is 0.869. The van der Waals surface area contributed by atoms with Crippen molar-refractivity contribution in [2.24, 2.45) is 11.7 Å². The first-order chi connectivity index (χ1) is 9.81. The standard InChI is InChI=1S/C13H18F3N3OS.ClH/c1-2-9(12-19-10(6-21-12)13(14,15)16)18-11(20)7-3-4-8(17)5-7;/h6-9H,2-5,17H2,1H3,(H,18,20);1H. The van der Waals surface area contributed by atoms with E-state index >= 15 is 0 Å². The summed E-state index contributed by atoms with van der Waals surface area (Å²) in [6.07, 6.45) is -1.78. The maximum absolute atomic E-state index is 12.6. The average molecular weight is 358 g/mol. The van der Waals surface area contributed by atoms with E-state index in [1.165, 1.54) is 0 Å². The Morgan fingerprint density at radius 3 is 2.68 bits per heavy atom. The maximum Gasteiger partial charge on any atom is 0.434 e. The summed E-state index contributed by atoms with van der Waals surface area (Å²) in [5.74, 6) is -0.283. The summed E-state index contributed by atoms with van der Waals surface area (Å²) in [4.78, 5) is 15.7. The van der Waals surface area contributed by atoms with Gasteiger partial charge in [-0.2, -0.15) is 13.2 Å². The minimum Gasteiger partial charge on any atom is -0.347 e. The second kappa shape index (κ2) is 7.61. The van der Waals surface area contributed by atoms with Crippen molar-refractivity contribution < 1.29 is 18.0 Å². The highest BCUT2D eigenvalue weighted by atomic mass is 35.5. The lowest BCUT2D eigenvalue weighted by atomic mass is 10.1. The summed E-state index contributed by atoms with van der Waals surface area (Å²) in [5.41, 5.74) is 4.87. The Labute approximate surface area is 137 Å². The van der Waals surface area contributed by atoms with Gasteiger partial charge in [-0.15, -0.1) is 23.7 Å². The molecule has 126 valence electrons. The van der Waals surface area contributed by atoms with Gasteiger partial charge >= 0.3 is 6.18 Å². The van der Waals surface area contributed by atoms with E-state index in [9.17, 15) is 18.0 Å². The van der Waals surface area contributed by atoms with Crippen LogP contribution < -0.4 is 11.1 Å². The second-order valence-electron chi connectivity index (χ2n) is 5.31. The Kier molecular flexibility index (Phi) is 6.64. The molecule has 2 rings (SSSR count). The molecule has 1 aliphatic rings. The molecular formula is C13H19ClF3N3OS. The summed E-state index contributed by atoms with van der Waals surface area (Å²) in [5, 5.41) is 4.07. The molecule has 1 aromatic rings. The van der Waals surface area contributed by atoms with Gasteiger partial charge in [-0.1, -0.05) is 6.92 Å². The molecule has 0 aromatic carbocycles. The molecule has 1 amide bonds. The van der Waals surface area contributed by atoms with Crippen molar-refractivity contribution in [1.29, 1.82) is 0 Å². The third kappa shape index (κ3) is 4.57. The number of halogens is 4. The number of aromatic nitrogens is 1. The van der Waals surface area contributed by atoms with Gasteiger partial charge in [0.2, 0.25) is 5.91 Å². The Balaban J connectivity index is 0.00000242. The number of rotatable bonds is 4. The molecule has 22 heavy (non-hydrogen) atoms. The van der Waals surface area contributed by atoms with Crippen LogP contribution in [-0.2, 0) is 11.0 Å². The molecule has 3 atom stereocenters. The van der Waals surface area contributed by atoms with Gasteiger partial charge in [0.1, 0.15) is 5.01 Å². The van der Waals surface area contributed by atoms with Crippen LogP contribution in [0.3, 0.4) is 0 Å². The number of carbonyl (C=O) groups is 1. The van der Waals surface area contributed by atoms with Crippen LogP contribution in [-0.4, -0.2) is 16.9 Å². The SMILES string of the molecule is CCC(NC(=O)C1CCC(N)C1)c1nc(C(F)(F)F)cs1.Cl. The Hall–Kier alpha value is -0.860. The van der Waals surface area contributed by atoms with Gasteiger partial charge in [0.25, 0.3) is 0 Å². The Morgan fingerprint density at radius 2 is 2.23 bits per heavy atom. The first-order valence-corrected chi connectivity index (χ1v) is 7.77. The number of thiazole rings is 1. The minimum absolute atomic E-state index is 0. The molecule has 0 spiro atoms. The largest absolute Gasteiger partial charge is 0.434 e.